The molecule has 1 amide bonds. The first-order valence-corrected chi connectivity index (χ1v) is 11.7. The van der Waals surface area contributed by atoms with Gasteiger partial charge in [0.2, 0.25) is 5.91 Å². The third-order valence-corrected chi connectivity index (χ3v) is 6.97. The second-order valence-corrected chi connectivity index (χ2v) is 9.17. The van der Waals surface area contributed by atoms with Crippen LogP contribution < -0.4 is 0 Å². The molecule has 166 valence electrons. The molecule has 0 N–H and O–H groups in total. The van der Waals surface area contributed by atoms with Crippen LogP contribution in [-0.2, 0) is 11.3 Å². The molecular formula is C30H28FNO. The van der Waals surface area contributed by atoms with Crippen molar-refractivity contribution in [3.05, 3.63) is 119 Å². The lowest BCUT2D eigenvalue weighted by atomic mass is 9.75. The maximum absolute atomic E-state index is 14.7. The number of likely N-dealkylation sites (tertiary alicyclic amines) is 1. The standard InChI is InChI=1S/C30H28FNO/c1-21-9-8-14-26-28(21)30(33)32(20-23-12-6-3-7-13-23)29(26)25-17-18-27(31)24(19-25)16-15-22-10-4-2-5-11-22/h2-8,10-19,21,26,28-29H,9,20H2,1H3/b16-15+/t21-,26+,28+,29-/m0/s1. The van der Waals surface area contributed by atoms with E-state index in [-0.39, 0.29) is 29.6 Å². The quantitative estimate of drug-likeness (QED) is 0.314. The summed E-state index contributed by atoms with van der Waals surface area (Å²) in [6.07, 6.45) is 9.09. The zero-order chi connectivity index (χ0) is 22.8. The summed E-state index contributed by atoms with van der Waals surface area (Å²) in [6, 6.07) is 25.2. The molecule has 0 spiro atoms. The van der Waals surface area contributed by atoms with Gasteiger partial charge < -0.3 is 4.90 Å². The molecule has 3 aromatic carbocycles. The predicted octanol–water partition coefficient (Wildman–Crippen LogP) is 6.91. The number of hydrogen-bond donors (Lipinski definition) is 0. The fourth-order valence-electron chi connectivity index (χ4n) is 5.32. The third-order valence-electron chi connectivity index (χ3n) is 6.97. The molecular weight excluding hydrogens is 409 g/mol. The van der Waals surface area contributed by atoms with Crippen LogP contribution in [0.3, 0.4) is 0 Å². The van der Waals surface area contributed by atoms with Crippen molar-refractivity contribution in [1.82, 2.24) is 4.90 Å². The third kappa shape index (κ3) is 4.28. The molecule has 3 aromatic rings. The molecule has 3 heteroatoms. The van der Waals surface area contributed by atoms with E-state index in [0.29, 0.717) is 18.0 Å². The molecule has 5 rings (SSSR count). The Balaban J connectivity index is 1.53. The van der Waals surface area contributed by atoms with E-state index in [2.05, 4.69) is 31.2 Å². The molecule has 2 nitrogen and oxygen atoms in total. The minimum Gasteiger partial charge on any atom is -0.330 e. The van der Waals surface area contributed by atoms with Gasteiger partial charge in [0.15, 0.2) is 0 Å². The maximum Gasteiger partial charge on any atom is 0.227 e. The van der Waals surface area contributed by atoms with Crippen molar-refractivity contribution >= 4 is 18.1 Å². The van der Waals surface area contributed by atoms with Gasteiger partial charge in [-0.2, -0.15) is 0 Å². The Morgan fingerprint density at radius 1 is 0.970 bits per heavy atom. The number of benzene rings is 3. The van der Waals surface area contributed by atoms with Crippen LogP contribution in [0.4, 0.5) is 4.39 Å². The summed E-state index contributed by atoms with van der Waals surface area (Å²) in [5.74, 6) is 0.317. The van der Waals surface area contributed by atoms with Crippen molar-refractivity contribution in [2.45, 2.75) is 25.9 Å². The van der Waals surface area contributed by atoms with Crippen molar-refractivity contribution in [3.63, 3.8) is 0 Å². The molecule has 0 aromatic heterocycles. The molecule has 0 bridgehead atoms. The highest BCUT2D eigenvalue weighted by molar-refractivity contribution is 5.83. The monoisotopic (exact) mass is 437 g/mol. The highest BCUT2D eigenvalue weighted by Gasteiger charge is 2.50. The Bertz CT molecular complexity index is 1180. The van der Waals surface area contributed by atoms with Crippen molar-refractivity contribution < 1.29 is 9.18 Å². The topological polar surface area (TPSA) is 20.3 Å². The zero-order valence-corrected chi connectivity index (χ0v) is 18.8. The number of fused-ring (bicyclic) bond motifs is 1. The van der Waals surface area contributed by atoms with Gasteiger partial charge in [0, 0.05) is 23.9 Å². The fraction of sp³-hybridized carbons (Fsp3) is 0.233. The average Bonchev–Trinajstić information content (AvgIpc) is 3.12. The van der Waals surface area contributed by atoms with Crippen LogP contribution in [0.5, 0.6) is 0 Å². The molecule has 1 aliphatic carbocycles. The van der Waals surface area contributed by atoms with Crippen molar-refractivity contribution in [2.75, 3.05) is 0 Å². The number of amides is 1. The largest absolute Gasteiger partial charge is 0.330 e. The van der Waals surface area contributed by atoms with Gasteiger partial charge in [0.05, 0.1) is 6.04 Å². The number of nitrogens with zero attached hydrogens (tertiary/aromatic N) is 1. The smallest absolute Gasteiger partial charge is 0.227 e. The summed E-state index contributed by atoms with van der Waals surface area (Å²) < 4.78 is 14.7. The number of carbonyl (C=O) groups excluding carboxylic acids is 1. The average molecular weight is 438 g/mol. The fourth-order valence-corrected chi connectivity index (χ4v) is 5.32. The molecule has 1 aliphatic heterocycles. The van der Waals surface area contributed by atoms with E-state index in [0.717, 1.165) is 23.1 Å². The summed E-state index contributed by atoms with van der Waals surface area (Å²) in [7, 11) is 0. The summed E-state index contributed by atoms with van der Waals surface area (Å²) in [6.45, 7) is 2.73. The predicted molar refractivity (Wildman–Crippen MR) is 131 cm³/mol. The second-order valence-electron chi connectivity index (χ2n) is 9.17. The van der Waals surface area contributed by atoms with Crippen LogP contribution >= 0.6 is 0 Å². The number of hydrogen-bond acceptors (Lipinski definition) is 1. The molecule has 0 unspecified atom stereocenters. The maximum atomic E-state index is 14.7. The Morgan fingerprint density at radius 2 is 1.70 bits per heavy atom. The highest BCUT2D eigenvalue weighted by atomic mass is 19.1. The van der Waals surface area contributed by atoms with E-state index in [9.17, 15) is 9.18 Å². The Kier molecular flexibility index (Phi) is 5.95. The van der Waals surface area contributed by atoms with Gasteiger partial charge in [0.25, 0.3) is 0 Å². The lowest BCUT2D eigenvalue weighted by molar-refractivity contribution is -0.134. The first kappa shape index (κ1) is 21.4. The van der Waals surface area contributed by atoms with Crippen molar-refractivity contribution in [3.8, 4) is 0 Å². The van der Waals surface area contributed by atoms with Gasteiger partial charge in [-0.15, -0.1) is 0 Å². The minimum atomic E-state index is -0.256. The van der Waals surface area contributed by atoms with Crippen molar-refractivity contribution in [2.24, 2.45) is 17.8 Å². The van der Waals surface area contributed by atoms with Gasteiger partial charge in [-0.1, -0.05) is 98.0 Å². The van der Waals surface area contributed by atoms with Crippen LogP contribution in [0, 0.1) is 23.6 Å². The Morgan fingerprint density at radius 3 is 2.45 bits per heavy atom. The lowest BCUT2D eigenvalue weighted by Crippen LogP contribution is -2.30. The summed E-state index contributed by atoms with van der Waals surface area (Å²) >= 11 is 0. The van der Waals surface area contributed by atoms with Crippen LogP contribution in [0.15, 0.2) is 91.0 Å². The van der Waals surface area contributed by atoms with Crippen LogP contribution in [0.25, 0.3) is 12.2 Å². The Labute approximate surface area is 195 Å². The van der Waals surface area contributed by atoms with Gasteiger partial charge >= 0.3 is 0 Å². The first-order chi connectivity index (χ1) is 16.1. The van der Waals surface area contributed by atoms with Gasteiger partial charge in [0.1, 0.15) is 5.82 Å². The molecule has 0 radical (unpaired) electrons. The van der Waals surface area contributed by atoms with Crippen LogP contribution in [-0.4, -0.2) is 10.8 Å². The molecule has 33 heavy (non-hydrogen) atoms. The van der Waals surface area contributed by atoms with E-state index in [1.54, 1.807) is 0 Å². The summed E-state index contributed by atoms with van der Waals surface area (Å²) in [4.78, 5) is 15.6. The number of allylic oxidation sites excluding steroid dienone is 1. The van der Waals surface area contributed by atoms with E-state index < -0.39 is 0 Å². The molecule has 4 atom stereocenters. The molecule has 0 saturated carbocycles. The summed E-state index contributed by atoms with van der Waals surface area (Å²) in [5.41, 5.74) is 3.66. The van der Waals surface area contributed by atoms with Crippen LogP contribution in [0.1, 0.15) is 41.6 Å². The second kappa shape index (κ2) is 9.19. The number of carbonyl (C=O) groups is 1. The first-order valence-electron chi connectivity index (χ1n) is 11.7. The van der Waals surface area contributed by atoms with E-state index >= 15 is 0 Å². The number of halogens is 1. The van der Waals surface area contributed by atoms with Gasteiger partial charge in [-0.05, 0) is 41.2 Å². The van der Waals surface area contributed by atoms with E-state index in [1.807, 2.05) is 77.7 Å². The molecule has 1 fully saturated rings. The van der Waals surface area contributed by atoms with Gasteiger partial charge in [-0.3, -0.25) is 4.79 Å². The highest BCUT2D eigenvalue weighted by Crippen LogP contribution is 2.49. The number of rotatable bonds is 5. The zero-order valence-electron chi connectivity index (χ0n) is 18.8. The summed E-state index contributed by atoms with van der Waals surface area (Å²) in [5, 5.41) is 0. The molecule has 1 heterocycles. The normalized spacial score (nSPS) is 24.4. The van der Waals surface area contributed by atoms with Crippen molar-refractivity contribution in [1.29, 1.82) is 0 Å². The SMILES string of the molecule is C[C@H]1CC=C[C@@H]2[C@@H]1C(=O)N(Cc1ccccc1)[C@H]2c1ccc(F)c(/C=C/c2ccccc2)c1. The van der Waals surface area contributed by atoms with E-state index in [4.69, 9.17) is 0 Å². The minimum absolute atomic E-state index is 0.0305. The van der Waals surface area contributed by atoms with Crippen LogP contribution in [0.2, 0.25) is 0 Å². The molecule has 1 saturated heterocycles. The Hall–Kier alpha value is -3.46. The van der Waals surface area contributed by atoms with Gasteiger partial charge in [-0.25, -0.2) is 4.39 Å². The molecule has 2 aliphatic rings. The van der Waals surface area contributed by atoms with E-state index in [1.165, 1.54) is 6.07 Å². The lowest BCUT2D eigenvalue weighted by Gasteiger charge is -2.29.